The molecule has 0 fully saturated rings. The maximum absolute atomic E-state index is 5.49. The molecule has 102 valence electrons. The van der Waals surface area contributed by atoms with Crippen molar-refractivity contribution in [3.05, 3.63) is 23.9 Å². The molecule has 0 spiro atoms. The average molecular weight is 252 g/mol. The summed E-state index contributed by atoms with van der Waals surface area (Å²) in [6.45, 7) is 10.3. The van der Waals surface area contributed by atoms with Crippen LogP contribution in [0.2, 0.25) is 0 Å². The number of hydrogen-bond donors (Lipinski definition) is 1. The molecule has 1 heterocycles. The van der Waals surface area contributed by atoms with Gasteiger partial charge in [-0.05, 0) is 32.9 Å². The number of nitrogens with one attached hydrogen (secondary N) is 1. The van der Waals surface area contributed by atoms with E-state index in [9.17, 15) is 0 Å². The molecule has 0 saturated heterocycles. The number of nitrogens with zero attached hydrogens (tertiary/aromatic N) is 1. The van der Waals surface area contributed by atoms with Gasteiger partial charge >= 0.3 is 0 Å². The third-order valence-corrected chi connectivity index (χ3v) is 2.55. The van der Waals surface area contributed by atoms with Gasteiger partial charge in [0.2, 0.25) is 5.88 Å². The van der Waals surface area contributed by atoms with Crippen molar-refractivity contribution in [1.82, 2.24) is 10.3 Å². The largest absolute Gasteiger partial charge is 0.475 e. The molecule has 0 aliphatic rings. The smallest absolute Gasteiger partial charge is 0.213 e. The van der Waals surface area contributed by atoms with Crippen LogP contribution in [0.15, 0.2) is 18.3 Å². The van der Waals surface area contributed by atoms with Gasteiger partial charge in [-0.25, -0.2) is 4.98 Å². The minimum atomic E-state index is 0.241. The molecule has 1 aromatic heterocycles. The lowest BCUT2D eigenvalue weighted by atomic mass is 10.1. The normalized spacial score (nSPS) is 12.7. The van der Waals surface area contributed by atoms with Crippen LogP contribution < -0.4 is 10.1 Å². The highest BCUT2D eigenvalue weighted by atomic mass is 16.5. The molecule has 0 saturated carbocycles. The third kappa shape index (κ3) is 5.47. The van der Waals surface area contributed by atoms with E-state index >= 15 is 0 Å². The Morgan fingerprint density at radius 2 is 2.00 bits per heavy atom. The van der Waals surface area contributed by atoms with Gasteiger partial charge in [0.05, 0.1) is 12.7 Å². The molecule has 18 heavy (non-hydrogen) atoms. The Hall–Kier alpha value is -1.13. The molecular weight excluding hydrogens is 228 g/mol. The molecule has 0 aromatic carbocycles. The second-order valence-corrected chi connectivity index (χ2v) is 4.48. The Bertz CT molecular complexity index is 325. The lowest BCUT2D eigenvalue weighted by molar-refractivity contribution is 0.0542. The van der Waals surface area contributed by atoms with Crippen LogP contribution in [0, 0.1) is 0 Å². The molecule has 1 N–H and O–H groups in total. The molecule has 1 atom stereocenters. The summed E-state index contributed by atoms with van der Waals surface area (Å²) < 4.78 is 10.9. The number of hydrogen-bond acceptors (Lipinski definition) is 4. The zero-order valence-electron chi connectivity index (χ0n) is 11.8. The van der Waals surface area contributed by atoms with Crippen LogP contribution in [0.3, 0.4) is 0 Å². The highest BCUT2D eigenvalue weighted by Gasteiger charge is 2.04. The minimum absolute atomic E-state index is 0.241. The number of ether oxygens (including phenoxy) is 2. The standard InChI is InChI=1S/C14H24N2O2/c1-5-15-12(4)13-6-7-14(16-10-13)18-9-8-17-11(2)3/h6-7,10-12,15H,5,8-9H2,1-4H3. The monoisotopic (exact) mass is 252 g/mol. The molecule has 0 bridgehead atoms. The first kappa shape index (κ1) is 14.9. The van der Waals surface area contributed by atoms with Gasteiger partial charge in [-0.15, -0.1) is 0 Å². The number of rotatable bonds is 8. The maximum atomic E-state index is 5.49. The summed E-state index contributed by atoms with van der Waals surface area (Å²) in [6.07, 6.45) is 2.09. The molecule has 1 rings (SSSR count). The van der Waals surface area contributed by atoms with Crippen LogP contribution >= 0.6 is 0 Å². The third-order valence-electron chi connectivity index (χ3n) is 2.55. The van der Waals surface area contributed by atoms with Crippen LogP contribution in [0.1, 0.15) is 39.3 Å². The second kappa shape index (κ2) is 8.06. The predicted octanol–water partition coefficient (Wildman–Crippen LogP) is 2.56. The van der Waals surface area contributed by atoms with E-state index in [2.05, 4.69) is 24.1 Å². The van der Waals surface area contributed by atoms with Gasteiger partial charge in [0.15, 0.2) is 0 Å². The van der Waals surface area contributed by atoms with Gasteiger partial charge in [0.1, 0.15) is 6.61 Å². The van der Waals surface area contributed by atoms with E-state index in [1.54, 1.807) is 0 Å². The summed E-state index contributed by atoms with van der Waals surface area (Å²) in [5.74, 6) is 0.648. The van der Waals surface area contributed by atoms with Crippen LogP contribution in [0.4, 0.5) is 0 Å². The van der Waals surface area contributed by atoms with Crippen molar-refractivity contribution < 1.29 is 9.47 Å². The van der Waals surface area contributed by atoms with Crippen LogP contribution in [0.25, 0.3) is 0 Å². The molecule has 1 unspecified atom stereocenters. The van der Waals surface area contributed by atoms with Crippen molar-refractivity contribution in [2.24, 2.45) is 0 Å². The average Bonchev–Trinajstić information content (AvgIpc) is 2.35. The first-order valence-corrected chi connectivity index (χ1v) is 6.57. The molecule has 0 amide bonds. The Kier molecular flexibility index (Phi) is 6.68. The summed E-state index contributed by atoms with van der Waals surface area (Å²) in [4.78, 5) is 4.28. The molecule has 4 heteroatoms. The Morgan fingerprint density at radius 3 is 2.56 bits per heavy atom. The first-order valence-electron chi connectivity index (χ1n) is 6.57. The molecule has 0 aliphatic heterocycles. The van der Waals surface area contributed by atoms with Crippen LogP contribution in [0.5, 0.6) is 5.88 Å². The fraction of sp³-hybridized carbons (Fsp3) is 0.643. The summed E-state index contributed by atoms with van der Waals surface area (Å²) in [7, 11) is 0. The van der Waals surface area contributed by atoms with Gasteiger partial charge < -0.3 is 14.8 Å². The lowest BCUT2D eigenvalue weighted by Crippen LogP contribution is -2.17. The van der Waals surface area contributed by atoms with Gasteiger partial charge in [0, 0.05) is 18.3 Å². The molecule has 0 radical (unpaired) electrons. The zero-order chi connectivity index (χ0) is 13.4. The molecular formula is C14H24N2O2. The van der Waals surface area contributed by atoms with Crippen LogP contribution in [-0.4, -0.2) is 30.8 Å². The van der Waals surface area contributed by atoms with Crippen molar-refractivity contribution in [2.75, 3.05) is 19.8 Å². The van der Waals surface area contributed by atoms with Gasteiger partial charge in [-0.3, -0.25) is 0 Å². The van der Waals surface area contributed by atoms with E-state index in [-0.39, 0.29) is 6.10 Å². The van der Waals surface area contributed by atoms with Crippen LogP contribution in [-0.2, 0) is 4.74 Å². The topological polar surface area (TPSA) is 43.4 Å². The van der Waals surface area contributed by atoms with Gasteiger partial charge in [-0.1, -0.05) is 13.0 Å². The fourth-order valence-corrected chi connectivity index (χ4v) is 1.59. The van der Waals surface area contributed by atoms with Crippen molar-refractivity contribution in [2.45, 2.75) is 39.8 Å². The van der Waals surface area contributed by atoms with Crippen molar-refractivity contribution in [3.8, 4) is 5.88 Å². The van der Waals surface area contributed by atoms with Gasteiger partial charge in [0.25, 0.3) is 0 Å². The maximum Gasteiger partial charge on any atom is 0.213 e. The number of pyridine rings is 1. The van der Waals surface area contributed by atoms with Crippen molar-refractivity contribution in [3.63, 3.8) is 0 Å². The Morgan fingerprint density at radius 1 is 1.22 bits per heavy atom. The molecule has 1 aromatic rings. The molecule has 0 aliphatic carbocycles. The van der Waals surface area contributed by atoms with Gasteiger partial charge in [-0.2, -0.15) is 0 Å². The van der Waals surface area contributed by atoms with E-state index in [1.165, 1.54) is 5.56 Å². The first-order chi connectivity index (χ1) is 8.63. The highest BCUT2D eigenvalue weighted by Crippen LogP contribution is 2.14. The summed E-state index contributed by atoms with van der Waals surface area (Å²) in [6, 6.07) is 4.26. The molecule has 4 nitrogen and oxygen atoms in total. The van der Waals surface area contributed by atoms with E-state index in [0.717, 1.165) is 6.54 Å². The van der Waals surface area contributed by atoms with Crippen molar-refractivity contribution in [1.29, 1.82) is 0 Å². The zero-order valence-corrected chi connectivity index (χ0v) is 11.8. The summed E-state index contributed by atoms with van der Waals surface area (Å²) in [5, 5.41) is 3.35. The lowest BCUT2D eigenvalue weighted by Gasteiger charge is -2.13. The van der Waals surface area contributed by atoms with E-state index < -0.39 is 0 Å². The van der Waals surface area contributed by atoms with E-state index in [4.69, 9.17) is 9.47 Å². The quantitative estimate of drug-likeness (QED) is 0.722. The summed E-state index contributed by atoms with van der Waals surface area (Å²) in [5.41, 5.74) is 1.17. The summed E-state index contributed by atoms with van der Waals surface area (Å²) >= 11 is 0. The van der Waals surface area contributed by atoms with E-state index in [1.807, 2.05) is 32.2 Å². The second-order valence-electron chi connectivity index (χ2n) is 4.48. The minimum Gasteiger partial charge on any atom is -0.475 e. The predicted molar refractivity (Wildman–Crippen MR) is 72.9 cm³/mol. The highest BCUT2D eigenvalue weighted by molar-refractivity contribution is 5.20. The Labute approximate surface area is 110 Å². The Balaban J connectivity index is 2.36. The SMILES string of the molecule is CCNC(C)c1ccc(OCCOC(C)C)nc1. The van der Waals surface area contributed by atoms with Crippen molar-refractivity contribution >= 4 is 0 Å². The number of aromatic nitrogens is 1. The van der Waals surface area contributed by atoms with E-state index in [0.29, 0.717) is 25.1 Å². The fourth-order valence-electron chi connectivity index (χ4n) is 1.59.